The second kappa shape index (κ2) is 6.12. The van der Waals surface area contributed by atoms with Crippen molar-refractivity contribution in [3.8, 4) is 0 Å². The van der Waals surface area contributed by atoms with Gasteiger partial charge in [0.15, 0.2) is 0 Å². The molecule has 1 fully saturated rings. The van der Waals surface area contributed by atoms with Crippen LogP contribution >= 0.6 is 0 Å². The minimum Gasteiger partial charge on any atom is -0.444 e. The van der Waals surface area contributed by atoms with Gasteiger partial charge in [-0.15, -0.1) is 0 Å². The summed E-state index contributed by atoms with van der Waals surface area (Å²) in [6.07, 6.45) is 3.28. The third-order valence-corrected chi connectivity index (χ3v) is 3.65. The molecule has 2 aliphatic rings. The average molecular weight is 284 g/mol. The molecule has 2 aliphatic heterocycles. The van der Waals surface area contributed by atoms with E-state index in [0.29, 0.717) is 12.5 Å². The maximum absolute atomic E-state index is 13.1. The van der Waals surface area contributed by atoms with Crippen LogP contribution in [0.1, 0.15) is 33.6 Å². The van der Waals surface area contributed by atoms with Crippen molar-refractivity contribution >= 4 is 6.09 Å². The first-order chi connectivity index (χ1) is 9.33. The van der Waals surface area contributed by atoms with E-state index in [2.05, 4.69) is 4.90 Å². The molecule has 0 bridgehead atoms. The van der Waals surface area contributed by atoms with Gasteiger partial charge in [0, 0.05) is 26.2 Å². The van der Waals surface area contributed by atoms with E-state index in [1.54, 1.807) is 11.0 Å². The van der Waals surface area contributed by atoms with Crippen molar-refractivity contribution in [2.45, 2.75) is 39.2 Å². The fourth-order valence-electron chi connectivity index (χ4n) is 2.54. The Morgan fingerprint density at radius 1 is 1.45 bits per heavy atom. The zero-order chi connectivity index (χ0) is 14.8. The van der Waals surface area contributed by atoms with Crippen molar-refractivity contribution in [2.24, 2.45) is 5.92 Å². The Kier molecular flexibility index (Phi) is 4.68. The van der Waals surface area contributed by atoms with Crippen molar-refractivity contribution in [1.82, 2.24) is 9.80 Å². The number of hydrogen-bond acceptors (Lipinski definition) is 3. The van der Waals surface area contributed by atoms with Crippen molar-refractivity contribution in [2.75, 3.05) is 32.7 Å². The molecule has 0 aliphatic carbocycles. The fourth-order valence-corrected chi connectivity index (χ4v) is 2.54. The van der Waals surface area contributed by atoms with Crippen molar-refractivity contribution < 1.29 is 13.9 Å². The number of amides is 1. The molecule has 0 aromatic heterocycles. The first kappa shape index (κ1) is 15.3. The van der Waals surface area contributed by atoms with E-state index < -0.39 is 5.60 Å². The van der Waals surface area contributed by atoms with Crippen LogP contribution in [0, 0.1) is 5.92 Å². The smallest absolute Gasteiger partial charge is 0.410 e. The summed E-state index contributed by atoms with van der Waals surface area (Å²) >= 11 is 0. The lowest BCUT2D eigenvalue weighted by atomic mass is 9.96. The van der Waals surface area contributed by atoms with Crippen LogP contribution in [0.5, 0.6) is 0 Å². The maximum atomic E-state index is 13.1. The largest absolute Gasteiger partial charge is 0.444 e. The summed E-state index contributed by atoms with van der Waals surface area (Å²) in [5.74, 6) is 0.511. The molecule has 114 valence electrons. The topological polar surface area (TPSA) is 32.8 Å². The van der Waals surface area contributed by atoms with Crippen LogP contribution in [0.25, 0.3) is 0 Å². The van der Waals surface area contributed by atoms with E-state index in [9.17, 15) is 9.18 Å². The van der Waals surface area contributed by atoms with Gasteiger partial charge in [-0.3, -0.25) is 4.90 Å². The van der Waals surface area contributed by atoms with Gasteiger partial charge in [0.05, 0.1) is 0 Å². The highest BCUT2D eigenvalue weighted by atomic mass is 19.1. The Labute approximate surface area is 120 Å². The molecular weight excluding hydrogens is 259 g/mol. The molecule has 0 unspecified atom stereocenters. The third kappa shape index (κ3) is 4.47. The van der Waals surface area contributed by atoms with Crippen LogP contribution in [0.2, 0.25) is 0 Å². The van der Waals surface area contributed by atoms with Gasteiger partial charge in [0.2, 0.25) is 0 Å². The number of carbonyl (C=O) groups is 1. The molecule has 0 aromatic rings. The minimum absolute atomic E-state index is 0.0137. The molecule has 2 rings (SSSR count). The van der Waals surface area contributed by atoms with Gasteiger partial charge in [-0.05, 0) is 46.1 Å². The Morgan fingerprint density at radius 3 is 2.75 bits per heavy atom. The number of halogens is 1. The number of nitrogens with zero attached hydrogens (tertiary/aromatic N) is 2. The van der Waals surface area contributed by atoms with Gasteiger partial charge < -0.3 is 9.64 Å². The molecule has 0 atom stereocenters. The van der Waals surface area contributed by atoms with E-state index in [1.807, 2.05) is 20.8 Å². The van der Waals surface area contributed by atoms with Gasteiger partial charge >= 0.3 is 6.09 Å². The summed E-state index contributed by atoms with van der Waals surface area (Å²) in [6.45, 7) is 9.45. The predicted octanol–water partition coefficient (Wildman–Crippen LogP) is 2.80. The second-order valence-corrected chi connectivity index (χ2v) is 6.76. The average Bonchev–Trinajstić information content (AvgIpc) is 2.24. The molecule has 20 heavy (non-hydrogen) atoms. The van der Waals surface area contributed by atoms with Crippen molar-refractivity contribution in [3.63, 3.8) is 0 Å². The molecule has 2 heterocycles. The molecule has 5 heteroatoms. The Morgan fingerprint density at radius 2 is 2.15 bits per heavy atom. The molecule has 1 amide bonds. The van der Waals surface area contributed by atoms with Crippen molar-refractivity contribution in [1.29, 1.82) is 0 Å². The molecular formula is C15H25FN2O2. The summed E-state index contributed by atoms with van der Waals surface area (Å²) in [5.41, 5.74) is -0.431. The predicted molar refractivity (Wildman–Crippen MR) is 76.2 cm³/mol. The van der Waals surface area contributed by atoms with Gasteiger partial charge in [-0.1, -0.05) is 6.08 Å². The van der Waals surface area contributed by atoms with Crippen molar-refractivity contribution in [3.05, 3.63) is 11.9 Å². The first-order valence-corrected chi connectivity index (χ1v) is 7.38. The number of rotatable bonds is 3. The summed E-state index contributed by atoms with van der Waals surface area (Å²) in [6, 6.07) is 0. The highest BCUT2D eigenvalue weighted by molar-refractivity contribution is 5.69. The standard InChI is InChI=1S/C15H25FN2O2/c1-15(2,3)20-14(19)18-9-12(10-18)6-8-17-7-4-5-13(16)11-17/h5,12H,4,6-11H2,1-3H3. The van der Waals surface area contributed by atoms with E-state index in [0.717, 1.165) is 39.0 Å². The number of likely N-dealkylation sites (tertiary alicyclic amines) is 1. The summed E-state index contributed by atoms with van der Waals surface area (Å²) in [4.78, 5) is 15.7. The van der Waals surface area contributed by atoms with Crippen LogP contribution in [0.15, 0.2) is 11.9 Å². The van der Waals surface area contributed by atoms with Gasteiger partial charge in [0.25, 0.3) is 0 Å². The quantitative estimate of drug-likeness (QED) is 0.799. The molecule has 0 radical (unpaired) electrons. The molecule has 0 spiro atoms. The third-order valence-electron chi connectivity index (χ3n) is 3.65. The summed E-state index contributed by atoms with van der Waals surface area (Å²) in [5, 5.41) is 0. The number of hydrogen-bond donors (Lipinski definition) is 0. The Hall–Kier alpha value is -1.10. The summed E-state index contributed by atoms with van der Waals surface area (Å²) < 4.78 is 18.4. The molecule has 0 aromatic carbocycles. The minimum atomic E-state index is -0.431. The molecule has 0 saturated carbocycles. The molecule has 1 saturated heterocycles. The monoisotopic (exact) mass is 284 g/mol. The highest BCUT2D eigenvalue weighted by Gasteiger charge is 2.33. The zero-order valence-corrected chi connectivity index (χ0v) is 12.7. The van der Waals surface area contributed by atoms with E-state index >= 15 is 0 Å². The maximum Gasteiger partial charge on any atom is 0.410 e. The lowest BCUT2D eigenvalue weighted by Gasteiger charge is -2.40. The lowest BCUT2D eigenvalue weighted by Crippen LogP contribution is -2.52. The Balaban J connectivity index is 1.62. The van der Waals surface area contributed by atoms with E-state index in [1.165, 1.54) is 0 Å². The number of carbonyl (C=O) groups excluding carboxylic acids is 1. The SMILES string of the molecule is CC(C)(C)OC(=O)N1CC(CCN2CCC=C(F)C2)C1. The Bertz CT molecular complexity index is 384. The second-order valence-electron chi connectivity index (χ2n) is 6.76. The van der Waals surface area contributed by atoms with Crippen LogP contribution in [0.4, 0.5) is 9.18 Å². The van der Waals surface area contributed by atoms with Gasteiger partial charge in [0.1, 0.15) is 11.4 Å². The summed E-state index contributed by atoms with van der Waals surface area (Å²) in [7, 11) is 0. The van der Waals surface area contributed by atoms with Crippen LogP contribution in [0.3, 0.4) is 0 Å². The molecule has 0 N–H and O–H groups in total. The highest BCUT2D eigenvalue weighted by Crippen LogP contribution is 2.23. The van der Waals surface area contributed by atoms with Crippen LogP contribution in [-0.2, 0) is 4.74 Å². The van der Waals surface area contributed by atoms with E-state index in [-0.39, 0.29) is 11.9 Å². The zero-order valence-electron chi connectivity index (χ0n) is 12.7. The first-order valence-electron chi connectivity index (χ1n) is 7.38. The number of ether oxygens (including phenoxy) is 1. The fraction of sp³-hybridized carbons (Fsp3) is 0.800. The molecule has 4 nitrogen and oxygen atoms in total. The normalized spacial score (nSPS) is 21.4. The van der Waals surface area contributed by atoms with E-state index in [4.69, 9.17) is 4.74 Å². The lowest BCUT2D eigenvalue weighted by molar-refractivity contribution is -0.00336. The van der Waals surface area contributed by atoms with Crippen LogP contribution < -0.4 is 0 Å². The van der Waals surface area contributed by atoms with Gasteiger partial charge in [-0.2, -0.15) is 0 Å². The van der Waals surface area contributed by atoms with Gasteiger partial charge in [-0.25, -0.2) is 9.18 Å². The van der Waals surface area contributed by atoms with Crippen LogP contribution in [-0.4, -0.2) is 54.2 Å².